The second-order valence-electron chi connectivity index (χ2n) is 5.97. The highest BCUT2D eigenvalue weighted by Gasteiger charge is 2.27. The van der Waals surface area contributed by atoms with Crippen LogP contribution in [0, 0.1) is 0 Å². The standard InChI is InChI=1S/C17H17N3O3S/c21-15(11-20-13-5-1-2-6-14(13)23-17(20)22)19-8-3-4-12(10-19)16-18-7-9-24-16/h1-2,5-7,9,12H,3-4,8,10-11H2/t12-/m1/s1. The molecule has 1 amide bonds. The molecule has 24 heavy (non-hydrogen) atoms. The number of carbonyl (C=O) groups is 1. The van der Waals surface area contributed by atoms with Gasteiger partial charge in [0.15, 0.2) is 5.58 Å². The lowest BCUT2D eigenvalue weighted by Gasteiger charge is -2.31. The van der Waals surface area contributed by atoms with E-state index in [4.69, 9.17) is 4.42 Å². The van der Waals surface area contributed by atoms with Crippen LogP contribution in [0.1, 0.15) is 23.8 Å². The Balaban J connectivity index is 1.53. The van der Waals surface area contributed by atoms with Crippen molar-refractivity contribution in [1.29, 1.82) is 0 Å². The van der Waals surface area contributed by atoms with E-state index in [1.807, 2.05) is 16.3 Å². The largest absolute Gasteiger partial charge is 0.420 e. The first-order chi connectivity index (χ1) is 11.7. The van der Waals surface area contributed by atoms with Crippen molar-refractivity contribution in [2.24, 2.45) is 0 Å². The zero-order valence-corrected chi connectivity index (χ0v) is 13.9. The van der Waals surface area contributed by atoms with Crippen molar-refractivity contribution in [2.75, 3.05) is 13.1 Å². The number of likely N-dealkylation sites (tertiary alicyclic amines) is 1. The van der Waals surface area contributed by atoms with Crippen LogP contribution in [0.4, 0.5) is 0 Å². The minimum atomic E-state index is -0.488. The van der Waals surface area contributed by atoms with E-state index in [-0.39, 0.29) is 12.5 Å². The molecule has 0 aliphatic carbocycles. The average molecular weight is 343 g/mol. The van der Waals surface area contributed by atoms with Crippen molar-refractivity contribution in [3.05, 3.63) is 51.4 Å². The summed E-state index contributed by atoms with van der Waals surface area (Å²) < 4.78 is 6.60. The maximum atomic E-state index is 12.7. The Morgan fingerprint density at radius 1 is 1.38 bits per heavy atom. The number of aromatic nitrogens is 2. The molecule has 0 bridgehead atoms. The molecule has 7 heteroatoms. The number of carbonyl (C=O) groups excluding carboxylic acids is 1. The summed E-state index contributed by atoms with van der Waals surface area (Å²) in [4.78, 5) is 30.9. The molecule has 0 radical (unpaired) electrons. The molecule has 0 N–H and O–H groups in total. The second kappa shape index (κ2) is 6.24. The van der Waals surface area contributed by atoms with Crippen LogP contribution in [-0.2, 0) is 11.3 Å². The molecule has 3 heterocycles. The first-order valence-electron chi connectivity index (χ1n) is 7.98. The van der Waals surface area contributed by atoms with Crippen LogP contribution in [0.3, 0.4) is 0 Å². The minimum Gasteiger partial charge on any atom is -0.408 e. The van der Waals surface area contributed by atoms with Gasteiger partial charge in [-0.25, -0.2) is 9.78 Å². The molecule has 124 valence electrons. The quantitative estimate of drug-likeness (QED) is 0.732. The molecule has 1 saturated heterocycles. The monoisotopic (exact) mass is 343 g/mol. The Hall–Kier alpha value is -2.41. The Bertz CT molecular complexity index is 913. The lowest BCUT2D eigenvalue weighted by Crippen LogP contribution is -2.41. The molecule has 4 rings (SSSR count). The van der Waals surface area contributed by atoms with E-state index in [2.05, 4.69) is 4.98 Å². The summed E-state index contributed by atoms with van der Waals surface area (Å²) in [7, 11) is 0. The number of amides is 1. The number of piperidine rings is 1. The van der Waals surface area contributed by atoms with Gasteiger partial charge in [0.05, 0.1) is 10.5 Å². The molecule has 3 aromatic rings. The van der Waals surface area contributed by atoms with Crippen LogP contribution in [0.15, 0.2) is 45.1 Å². The van der Waals surface area contributed by atoms with E-state index in [1.54, 1.807) is 35.7 Å². The van der Waals surface area contributed by atoms with E-state index >= 15 is 0 Å². The number of benzene rings is 1. The summed E-state index contributed by atoms with van der Waals surface area (Å²) >= 11 is 1.63. The second-order valence-corrected chi connectivity index (χ2v) is 6.90. The zero-order chi connectivity index (χ0) is 16.5. The van der Waals surface area contributed by atoms with Gasteiger partial charge in [0.1, 0.15) is 6.54 Å². The van der Waals surface area contributed by atoms with Gasteiger partial charge in [0.25, 0.3) is 0 Å². The first-order valence-corrected chi connectivity index (χ1v) is 8.86. The van der Waals surface area contributed by atoms with Crippen molar-refractivity contribution in [2.45, 2.75) is 25.3 Å². The maximum absolute atomic E-state index is 12.7. The molecule has 2 aromatic heterocycles. The maximum Gasteiger partial charge on any atom is 0.420 e. The van der Waals surface area contributed by atoms with E-state index in [1.165, 1.54) is 4.57 Å². The summed E-state index contributed by atoms with van der Waals surface area (Å²) in [6, 6.07) is 7.16. The number of oxazole rings is 1. The number of hydrogen-bond acceptors (Lipinski definition) is 5. The smallest absolute Gasteiger partial charge is 0.408 e. The van der Waals surface area contributed by atoms with E-state index < -0.39 is 5.76 Å². The zero-order valence-electron chi connectivity index (χ0n) is 13.1. The summed E-state index contributed by atoms with van der Waals surface area (Å²) in [5, 5.41) is 3.05. The summed E-state index contributed by atoms with van der Waals surface area (Å²) in [6.45, 7) is 1.41. The number of nitrogens with zero attached hydrogens (tertiary/aromatic N) is 3. The molecule has 0 saturated carbocycles. The van der Waals surface area contributed by atoms with Gasteiger partial charge in [-0.3, -0.25) is 9.36 Å². The Morgan fingerprint density at radius 2 is 2.25 bits per heavy atom. The van der Waals surface area contributed by atoms with E-state index in [9.17, 15) is 9.59 Å². The lowest BCUT2D eigenvalue weighted by atomic mass is 9.99. The minimum absolute atomic E-state index is 0.0143. The van der Waals surface area contributed by atoms with Crippen LogP contribution in [0.25, 0.3) is 11.1 Å². The van der Waals surface area contributed by atoms with Gasteiger partial charge >= 0.3 is 5.76 Å². The molecular formula is C17H17N3O3S. The summed E-state index contributed by atoms with van der Waals surface area (Å²) in [5.74, 6) is -0.247. The molecule has 1 atom stereocenters. The summed E-state index contributed by atoms with van der Waals surface area (Å²) in [6.07, 6.45) is 3.81. The number of fused-ring (bicyclic) bond motifs is 1. The number of rotatable bonds is 3. The number of thiazole rings is 1. The van der Waals surface area contributed by atoms with Crippen molar-refractivity contribution in [1.82, 2.24) is 14.5 Å². The van der Waals surface area contributed by atoms with Crippen LogP contribution in [0.2, 0.25) is 0 Å². The molecule has 0 spiro atoms. The number of hydrogen-bond donors (Lipinski definition) is 0. The van der Waals surface area contributed by atoms with E-state index in [0.717, 1.165) is 24.4 Å². The van der Waals surface area contributed by atoms with Gasteiger partial charge < -0.3 is 9.32 Å². The predicted octanol–water partition coefficient (Wildman–Crippen LogP) is 2.46. The lowest BCUT2D eigenvalue weighted by molar-refractivity contribution is -0.133. The Morgan fingerprint density at radius 3 is 3.08 bits per heavy atom. The average Bonchev–Trinajstić information content (AvgIpc) is 3.24. The highest BCUT2D eigenvalue weighted by molar-refractivity contribution is 7.09. The van der Waals surface area contributed by atoms with Gasteiger partial charge in [-0.05, 0) is 25.0 Å². The fourth-order valence-corrected chi connectivity index (χ4v) is 4.01. The third-order valence-electron chi connectivity index (χ3n) is 4.44. The Labute approximate surface area is 142 Å². The van der Waals surface area contributed by atoms with Gasteiger partial charge in [0, 0.05) is 30.6 Å². The fraction of sp³-hybridized carbons (Fsp3) is 0.353. The molecule has 1 aromatic carbocycles. The van der Waals surface area contributed by atoms with Crippen LogP contribution in [-0.4, -0.2) is 33.4 Å². The molecule has 1 aliphatic heterocycles. The van der Waals surface area contributed by atoms with Crippen molar-refractivity contribution >= 4 is 28.3 Å². The Kier molecular flexibility index (Phi) is 3.93. The molecule has 6 nitrogen and oxygen atoms in total. The highest BCUT2D eigenvalue weighted by atomic mass is 32.1. The normalized spacial score (nSPS) is 18.2. The fourth-order valence-electron chi connectivity index (χ4n) is 3.24. The van der Waals surface area contributed by atoms with Crippen LogP contribution in [0.5, 0.6) is 0 Å². The molecule has 0 unspecified atom stereocenters. The van der Waals surface area contributed by atoms with Gasteiger partial charge in [-0.2, -0.15) is 0 Å². The SMILES string of the molecule is O=C(Cn1c(=O)oc2ccccc21)N1CCC[C@@H](c2nccs2)C1. The van der Waals surface area contributed by atoms with Crippen molar-refractivity contribution < 1.29 is 9.21 Å². The third kappa shape index (κ3) is 2.75. The van der Waals surface area contributed by atoms with Crippen molar-refractivity contribution in [3.63, 3.8) is 0 Å². The van der Waals surface area contributed by atoms with Crippen LogP contribution < -0.4 is 5.76 Å². The topological polar surface area (TPSA) is 68.3 Å². The third-order valence-corrected chi connectivity index (χ3v) is 5.38. The van der Waals surface area contributed by atoms with Gasteiger partial charge in [0.2, 0.25) is 5.91 Å². The first kappa shape index (κ1) is 15.1. The molecule has 1 fully saturated rings. The molecule has 1 aliphatic rings. The molecular weight excluding hydrogens is 326 g/mol. The van der Waals surface area contributed by atoms with E-state index in [0.29, 0.717) is 23.6 Å². The van der Waals surface area contributed by atoms with Crippen LogP contribution >= 0.6 is 11.3 Å². The number of para-hydroxylation sites is 2. The van der Waals surface area contributed by atoms with Crippen molar-refractivity contribution in [3.8, 4) is 0 Å². The van der Waals surface area contributed by atoms with Gasteiger partial charge in [-0.15, -0.1) is 11.3 Å². The predicted molar refractivity (Wildman–Crippen MR) is 91.1 cm³/mol. The van der Waals surface area contributed by atoms with Gasteiger partial charge in [-0.1, -0.05) is 12.1 Å². The highest BCUT2D eigenvalue weighted by Crippen LogP contribution is 2.28. The summed E-state index contributed by atoms with van der Waals surface area (Å²) in [5.41, 5.74) is 1.17.